The van der Waals surface area contributed by atoms with Crippen molar-refractivity contribution in [1.29, 1.82) is 0 Å². The number of carbonyl (C=O) groups excluding carboxylic acids is 2. The molecule has 0 aromatic heterocycles. The van der Waals surface area contributed by atoms with Gasteiger partial charge in [0.25, 0.3) is 10.0 Å². The van der Waals surface area contributed by atoms with Gasteiger partial charge in [-0.15, -0.1) is 0 Å². The predicted octanol–water partition coefficient (Wildman–Crippen LogP) is 0.425. The van der Waals surface area contributed by atoms with Gasteiger partial charge in [0.15, 0.2) is 0 Å². The lowest BCUT2D eigenvalue weighted by atomic mass is 10.1. The summed E-state index contributed by atoms with van der Waals surface area (Å²) in [5, 5.41) is 0. The Hall–Kier alpha value is -1.93. The quantitative estimate of drug-likeness (QED) is 0.823. The number of carbonyl (C=O) groups is 2. The van der Waals surface area contributed by atoms with Crippen molar-refractivity contribution in [3.8, 4) is 0 Å². The van der Waals surface area contributed by atoms with E-state index in [1.807, 2.05) is 4.72 Å². The number of urea groups is 1. The summed E-state index contributed by atoms with van der Waals surface area (Å²) >= 11 is 0. The van der Waals surface area contributed by atoms with Gasteiger partial charge in [-0.1, -0.05) is 18.2 Å². The third-order valence-electron chi connectivity index (χ3n) is 3.25. The average Bonchev–Trinajstić information content (AvgIpc) is 2.62. The number of nitrogens with one attached hydrogen (secondary N) is 1. The maximum atomic E-state index is 12.1. The summed E-state index contributed by atoms with van der Waals surface area (Å²) in [5.74, 6) is -0.548. The Bertz CT molecular complexity index is 630. The summed E-state index contributed by atoms with van der Waals surface area (Å²) in [6.07, 6.45) is 1.83. The van der Waals surface area contributed by atoms with Gasteiger partial charge in [-0.2, -0.15) is 0 Å². The molecule has 3 N–H and O–H groups in total. The molecule has 1 aliphatic heterocycles. The Morgan fingerprint density at radius 2 is 1.90 bits per heavy atom. The van der Waals surface area contributed by atoms with Gasteiger partial charge in [0.1, 0.15) is 0 Å². The van der Waals surface area contributed by atoms with Crippen molar-refractivity contribution in [1.82, 2.24) is 9.62 Å². The fourth-order valence-electron chi connectivity index (χ4n) is 2.10. The third kappa shape index (κ3) is 3.59. The van der Waals surface area contributed by atoms with Crippen molar-refractivity contribution >= 4 is 22.0 Å². The van der Waals surface area contributed by atoms with Crippen LogP contribution in [0.15, 0.2) is 35.2 Å². The Balaban J connectivity index is 2.15. The molecule has 1 aliphatic rings. The molecule has 0 bridgehead atoms. The molecule has 7 nitrogen and oxygen atoms in total. The maximum absolute atomic E-state index is 12.1. The smallest absolute Gasteiger partial charge is 0.320 e. The van der Waals surface area contributed by atoms with Crippen molar-refractivity contribution in [2.45, 2.75) is 30.2 Å². The predicted molar refractivity (Wildman–Crippen MR) is 75.7 cm³/mol. The summed E-state index contributed by atoms with van der Waals surface area (Å²) in [6, 6.07) is 5.77. The number of hydrogen-bond acceptors (Lipinski definition) is 5. The zero-order valence-corrected chi connectivity index (χ0v) is 12.2. The second-order valence-corrected chi connectivity index (χ2v) is 6.50. The van der Waals surface area contributed by atoms with Crippen LogP contribution < -0.4 is 10.5 Å². The van der Waals surface area contributed by atoms with E-state index in [2.05, 4.69) is 0 Å². The number of amides is 3. The van der Waals surface area contributed by atoms with E-state index in [9.17, 15) is 18.0 Å². The summed E-state index contributed by atoms with van der Waals surface area (Å²) in [6.45, 7) is 0.169. The maximum Gasteiger partial charge on any atom is 0.338 e. The first kappa shape index (κ1) is 15.5. The molecule has 1 fully saturated rings. The SMILES string of the molecule is N[C@H]1CCCCN(C(=O)NS(=O)(=O)c2ccccc2)C1=O. The van der Waals surface area contributed by atoms with Crippen LogP contribution in [0, 0.1) is 0 Å². The minimum atomic E-state index is -4.00. The van der Waals surface area contributed by atoms with Crippen molar-refractivity contribution in [2.75, 3.05) is 6.54 Å². The van der Waals surface area contributed by atoms with Crippen LogP contribution in [0.1, 0.15) is 19.3 Å². The van der Waals surface area contributed by atoms with E-state index in [-0.39, 0.29) is 11.4 Å². The molecule has 114 valence electrons. The molecule has 1 atom stereocenters. The Morgan fingerprint density at radius 1 is 1.24 bits per heavy atom. The van der Waals surface area contributed by atoms with Crippen LogP contribution in [-0.4, -0.2) is 37.8 Å². The Morgan fingerprint density at radius 3 is 2.57 bits per heavy atom. The topological polar surface area (TPSA) is 110 Å². The van der Waals surface area contributed by atoms with E-state index in [0.29, 0.717) is 12.8 Å². The van der Waals surface area contributed by atoms with Crippen LogP contribution >= 0.6 is 0 Å². The van der Waals surface area contributed by atoms with Crippen LogP contribution in [0.4, 0.5) is 4.79 Å². The Kier molecular flexibility index (Phi) is 4.59. The molecule has 1 aromatic carbocycles. The average molecular weight is 311 g/mol. The Labute approximate surface area is 123 Å². The molecule has 0 unspecified atom stereocenters. The second kappa shape index (κ2) is 6.23. The molecule has 2 rings (SSSR count). The lowest BCUT2D eigenvalue weighted by Gasteiger charge is -2.21. The summed E-state index contributed by atoms with van der Waals surface area (Å²) < 4.78 is 26.0. The highest BCUT2D eigenvalue weighted by Crippen LogP contribution is 2.12. The monoisotopic (exact) mass is 311 g/mol. The second-order valence-electron chi connectivity index (χ2n) is 4.82. The van der Waals surface area contributed by atoms with E-state index < -0.39 is 28.0 Å². The van der Waals surface area contributed by atoms with Gasteiger partial charge in [-0.25, -0.2) is 17.9 Å². The molecule has 0 aliphatic carbocycles. The van der Waals surface area contributed by atoms with E-state index >= 15 is 0 Å². The van der Waals surface area contributed by atoms with Crippen LogP contribution in [-0.2, 0) is 14.8 Å². The zero-order chi connectivity index (χ0) is 15.5. The van der Waals surface area contributed by atoms with Crippen LogP contribution in [0.25, 0.3) is 0 Å². The molecule has 3 amide bonds. The van der Waals surface area contributed by atoms with Crippen LogP contribution in [0.3, 0.4) is 0 Å². The molecule has 8 heteroatoms. The van der Waals surface area contributed by atoms with Gasteiger partial charge in [-0.3, -0.25) is 9.69 Å². The molecule has 0 radical (unpaired) electrons. The highest BCUT2D eigenvalue weighted by Gasteiger charge is 2.31. The van der Waals surface area contributed by atoms with Gasteiger partial charge < -0.3 is 5.73 Å². The van der Waals surface area contributed by atoms with Gasteiger partial charge >= 0.3 is 6.03 Å². The summed E-state index contributed by atoms with van der Waals surface area (Å²) in [4.78, 5) is 24.8. The van der Waals surface area contributed by atoms with Crippen molar-refractivity contribution < 1.29 is 18.0 Å². The minimum Gasteiger partial charge on any atom is -0.320 e. The van der Waals surface area contributed by atoms with Crippen LogP contribution in [0.2, 0.25) is 0 Å². The number of rotatable bonds is 2. The number of imide groups is 1. The molecular weight excluding hydrogens is 294 g/mol. The zero-order valence-electron chi connectivity index (χ0n) is 11.4. The van der Waals surface area contributed by atoms with Gasteiger partial charge in [0.05, 0.1) is 10.9 Å². The van der Waals surface area contributed by atoms with E-state index in [1.54, 1.807) is 18.2 Å². The first-order valence-corrected chi connectivity index (χ1v) is 8.09. The molecule has 1 saturated heterocycles. The fraction of sp³-hybridized carbons (Fsp3) is 0.385. The number of likely N-dealkylation sites (tertiary alicyclic amines) is 1. The van der Waals surface area contributed by atoms with Crippen molar-refractivity contribution in [3.63, 3.8) is 0 Å². The van der Waals surface area contributed by atoms with Gasteiger partial charge in [0, 0.05) is 6.54 Å². The number of hydrogen-bond donors (Lipinski definition) is 2. The van der Waals surface area contributed by atoms with E-state index in [1.165, 1.54) is 12.1 Å². The number of benzene rings is 1. The normalized spacial score (nSPS) is 20.0. The summed E-state index contributed by atoms with van der Waals surface area (Å²) in [7, 11) is -4.00. The highest BCUT2D eigenvalue weighted by atomic mass is 32.2. The summed E-state index contributed by atoms with van der Waals surface area (Å²) in [5.41, 5.74) is 5.66. The number of nitrogens with two attached hydrogens (primary N) is 1. The number of sulfonamides is 1. The first-order valence-electron chi connectivity index (χ1n) is 6.60. The molecular formula is C13H17N3O4S. The lowest BCUT2D eigenvalue weighted by Crippen LogP contribution is -2.50. The van der Waals surface area contributed by atoms with Crippen LogP contribution in [0.5, 0.6) is 0 Å². The molecule has 0 spiro atoms. The van der Waals surface area contributed by atoms with E-state index in [0.717, 1.165) is 11.3 Å². The molecule has 1 heterocycles. The highest BCUT2D eigenvalue weighted by molar-refractivity contribution is 7.90. The first-order chi connectivity index (χ1) is 9.92. The standard InChI is InChI=1S/C13H17N3O4S/c14-11-8-4-5-9-16(12(11)17)13(18)15-21(19,20)10-6-2-1-3-7-10/h1-3,6-7,11H,4-5,8-9,14H2,(H,15,18)/t11-/m0/s1. The third-order valence-corrected chi connectivity index (χ3v) is 4.59. The fourth-order valence-corrected chi connectivity index (χ4v) is 3.07. The van der Waals surface area contributed by atoms with Crippen molar-refractivity contribution in [3.05, 3.63) is 30.3 Å². The molecule has 0 saturated carbocycles. The molecule has 1 aromatic rings. The van der Waals surface area contributed by atoms with Gasteiger partial charge in [0.2, 0.25) is 5.91 Å². The minimum absolute atomic E-state index is 0.0371. The van der Waals surface area contributed by atoms with Crippen molar-refractivity contribution in [2.24, 2.45) is 5.73 Å². The molecule has 21 heavy (non-hydrogen) atoms. The van der Waals surface area contributed by atoms with Gasteiger partial charge in [-0.05, 0) is 31.4 Å². The van der Waals surface area contributed by atoms with E-state index in [4.69, 9.17) is 5.73 Å². The lowest BCUT2D eigenvalue weighted by molar-refractivity contribution is -0.129. The number of nitrogens with zero attached hydrogens (tertiary/aromatic N) is 1. The largest absolute Gasteiger partial charge is 0.338 e.